The quantitative estimate of drug-likeness (QED) is 0.266. The van der Waals surface area contributed by atoms with E-state index in [2.05, 4.69) is 36.8 Å². The number of carbonyl (C=O) groups is 6. The molecule has 15 heteroatoms. The predicted octanol–water partition coefficient (Wildman–Crippen LogP) is 1.17. The van der Waals surface area contributed by atoms with Crippen molar-refractivity contribution < 1.29 is 28.8 Å². The second-order valence-electron chi connectivity index (χ2n) is 13.8. The van der Waals surface area contributed by atoms with E-state index in [0.717, 1.165) is 5.56 Å². The summed E-state index contributed by atoms with van der Waals surface area (Å²) in [6.45, 7) is 8.54. The van der Waals surface area contributed by atoms with Crippen LogP contribution in [0.3, 0.4) is 0 Å². The maximum atomic E-state index is 14.4. The van der Waals surface area contributed by atoms with Crippen molar-refractivity contribution in [1.29, 1.82) is 0 Å². The highest BCUT2D eigenvalue weighted by Crippen LogP contribution is 2.28. The first-order valence-corrected chi connectivity index (χ1v) is 17.6. The van der Waals surface area contributed by atoms with Crippen LogP contribution in [0.2, 0.25) is 0 Å². The van der Waals surface area contributed by atoms with Gasteiger partial charge >= 0.3 is 0 Å². The molecule has 5 rings (SSSR count). The van der Waals surface area contributed by atoms with Crippen LogP contribution in [0.4, 0.5) is 0 Å². The minimum Gasteiger partial charge on any atom is -0.345 e. The highest BCUT2D eigenvalue weighted by molar-refractivity contribution is 6.02. The van der Waals surface area contributed by atoms with Gasteiger partial charge in [0.05, 0.1) is 30.4 Å². The number of aromatic nitrogens is 3. The first-order valence-electron chi connectivity index (χ1n) is 17.6. The molecule has 5 N–H and O–H groups in total. The highest BCUT2D eigenvalue weighted by Gasteiger charge is 2.37. The summed E-state index contributed by atoms with van der Waals surface area (Å²) < 4.78 is 1.71. The fraction of sp³-hybridized carbons (Fsp3) is 0.459. The molecule has 6 amide bonds. The van der Waals surface area contributed by atoms with Gasteiger partial charge in [0.2, 0.25) is 29.5 Å². The van der Waals surface area contributed by atoms with E-state index >= 15 is 0 Å². The third-order valence-corrected chi connectivity index (χ3v) is 9.26. The van der Waals surface area contributed by atoms with Crippen LogP contribution in [0.1, 0.15) is 79.2 Å². The largest absolute Gasteiger partial charge is 0.345 e. The Labute approximate surface area is 302 Å². The van der Waals surface area contributed by atoms with Gasteiger partial charge in [0, 0.05) is 13.0 Å². The summed E-state index contributed by atoms with van der Waals surface area (Å²) >= 11 is 0. The van der Waals surface area contributed by atoms with E-state index in [9.17, 15) is 28.8 Å². The van der Waals surface area contributed by atoms with Crippen molar-refractivity contribution in [2.75, 3.05) is 19.6 Å². The molecule has 0 saturated carbocycles. The number of aryl methyl sites for hydroxylation is 2. The molecule has 276 valence electrons. The lowest BCUT2D eigenvalue weighted by Crippen LogP contribution is -2.54. The zero-order chi connectivity index (χ0) is 37.5. The van der Waals surface area contributed by atoms with Crippen LogP contribution in [-0.4, -0.2) is 92.9 Å². The van der Waals surface area contributed by atoms with Gasteiger partial charge < -0.3 is 31.5 Å². The van der Waals surface area contributed by atoms with Crippen molar-refractivity contribution in [3.05, 3.63) is 76.9 Å². The molecule has 3 aromatic rings. The number of benzene rings is 2. The molecule has 2 aromatic carbocycles. The van der Waals surface area contributed by atoms with Gasteiger partial charge in [-0.25, -0.2) is 0 Å². The normalized spacial score (nSPS) is 22.5. The van der Waals surface area contributed by atoms with Crippen molar-refractivity contribution in [1.82, 2.24) is 46.2 Å². The Kier molecular flexibility index (Phi) is 12.0. The average Bonchev–Trinajstić information content (AvgIpc) is 3.76. The number of nitrogens with zero attached hydrogens (tertiary/aromatic N) is 4. The number of rotatable bonds is 4. The Bertz CT molecular complexity index is 1820. The third kappa shape index (κ3) is 8.82. The monoisotopic (exact) mass is 713 g/mol. The van der Waals surface area contributed by atoms with E-state index < -0.39 is 66.8 Å². The second-order valence-corrected chi connectivity index (χ2v) is 13.8. The van der Waals surface area contributed by atoms with E-state index in [-0.39, 0.29) is 24.7 Å². The van der Waals surface area contributed by atoms with E-state index in [4.69, 9.17) is 0 Å². The Hall–Kier alpha value is -5.60. The number of fused-ring (bicyclic) bond motifs is 4. The lowest BCUT2D eigenvalue weighted by molar-refractivity contribution is -0.132. The topological polar surface area (TPSA) is 197 Å². The molecule has 3 heterocycles. The van der Waals surface area contributed by atoms with Gasteiger partial charge in [0.25, 0.3) is 5.91 Å². The lowest BCUT2D eigenvalue weighted by atomic mass is 10.0. The summed E-state index contributed by atoms with van der Waals surface area (Å²) in [4.78, 5) is 82.7. The van der Waals surface area contributed by atoms with Crippen molar-refractivity contribution >= 4 is 35.4 Å². The van der Waals surface area contributed by atoms with Gasteiger partial charge in [-0.1, -0.05) is 56.3 Å². The van der Waals surface area contributed by atoms with Crippen LogP contribution in [-0.2, 0) is 30.4 Å². The van der Waals surface area contributed by atoms with E-state index in [0.29, 0.717) is 47.8 Å². The van der Waals surface area contributed by atoms with Crippen molar-refractivity contribution in [3.63, 3.8) is 0 Å². The van der Waals surface area contributed by atoms with Gasteiger partial charge in [-0.2, -0.15) is 0 Å². The molecule has 0 bridgehead atoms. The molecule has 52 heavy (non-hydrogen) atoms. The van der Waals surface area contributed by atoms with Gasteiger partial charge in [-0.05, 0) is 63.1 Å². The SMILES string of the molecule is Cc1cccc2c1C(=O)N1CCC[C@H]1C(=O)NCC(=O)N[C@@H](CC(C)C)C(=O)NCC(=O)N[C@@H](Cc1ccccc1)C(=O)N[C@@H](C)c1nnc(C)n1-2. The van der Waals surface area contributed by atoms with Gasteiger partial charge in [-0.15, -0.1) is 10.2 Å². The fourth-order valence-electron chi connectivity index (χ4n) is 6.71. The zero-order valence-corrected chi connectivity index (χ0v) is 30.2. The number of nitrogens with one attached hydrogen (secondary N) is 5. The molecular formula is C37H47N9O6. The van der Waals surface area contributed by atoms with Crippen LogP contribution in [0.5, 0.6) is 0 Å². The Morgan fingerprint density at radius 1 is 0.788 bits per heavy atom. The summed E-state index contributed by atoms with van der Waals surface area (Å²) in [6.07, 6.45) is 1.43. The van der Waals surface area contributed by atoms with Gasteiger partial charge in [-0.3, -0.25) is 33.3 Å². The maximum Gasteiger partial charge on any atom is 0.256 e. The fourth-order valence-corrected chi connectivity index (χ4v) is 6.71. The third-order valence-electron chi connectivity index (χ3n) is 9.26. The molecule has 0 radical (unpaired) electrons. The Balaban J connectivity index is 1.53. The van der Waals surface area contributed by atoms with E-state index in [1.165, 1.54) is 4.90 Å². The minimum absolute atomic E-state index is 0.0120. The molecule has 0 aliphatic carbocycles. The molecule has 1 fully saturated rings. The van der Waals surface area contributed by atoms with Crippen molar-refractivity contribution in [2.45, 2.75) is 84.5 Å². The molecule has 2 aliphatic heterocycles. The van der Waals surface area contributed by atoms with Gasteiger partial charge in [0.15, 0.2) is 5.82 Å². The number of amides is 6. The zero-order valence-electron chi connectivity index (χ0n) is 30.2. The van der Waals surface area contributed by atoms with E-state index in [1.54, 1.807) is 37.5 Å². The van der Waals surface area contributed by atoms with Gasteiger partial charge in [0.1, 0.15) is 23.9 Å². The van der Waals surface area contributed by atoms with E-state index in [1.807, 2.05) is 50.2 Å². The summed E-state index contributed by atoms with van der Waals surface area (Å²) in [5, 5.41) is 22.3. The Morgan fingerprint density at radius 2 is 1.46 bits per heavy atom. The summed E-state index contributed by atoms with van der Waals surface area (Å²) in [6, 6.07) is 11.0. The molecule has 4 atom stereocenters. The van der Waals surface area contributed by atoms with Crippen molar-refractivity contribution in [3.8, 4) is 5.69 Å². The molecule has 0 spiro atoms. The second kappa shape index (κ2) is 16.6. The van der Waals surface area contributed by atoms with Crippen molar-refractivity contribution in [2.24, 2.45) is 5.92 Å². The molecule has 2 aliphatic rings. The lowest BCUT2D eigenvalue weighted by Gasteiger charge is -2.27. The molecule has 1 saturated heterocycles. The molecular weight excluding hydrogens is 666 g/mol. The smallest absolute Gasteiger partial charge is 0.256 e. The van der Waals surface area contributed by atoms with Crippen LogP contribution >= 0.6 is 0 Å². The molecule has 1 aromatic heterocycles. The summed E-state index contributed by atoms with van der Waals surface area (Å²) in [5.41, 5.74) is 2.30. The average molecular weight is 714 g/mol. The van der Waals surface area contributed by atoms with Crippen LogP contribution in [0.25, 0.3) is 5.69 Å². The first kappa shape index (κ1) is 37.7. The predicted molar refractivity (Wildman–Crippen MR) is 191 cm³/mol. The standard InChI is InChI=1S/C37H47N9O6/c1-21(2)17-26-34(49)38-19-30(47)42-27(18-25-12-7-6-8-13-25)35(50)40-23(4)33-44-43-24(5)46(33)28-14-9-11-22(3)32(28)37(52)45-16-10-15-29(45)36(51)39-20-31(48)41-26/h6-9,11-14,21,23,26-27,29H,10,15-20H2,1-5H3,(H,38,49)(H,39,51)(H,40,50)(H,41,48)(H,42,47)/t23-,26-,27-,29-/m0/s1. The van der Waals surface area contributed by atoms with Crippen LogP contribution in [0, 0.1) is 19.8 Å². The van der Waals surface area contributed by atoms with Crippen LogP contribution in [0.15, 0.2) is 48.5 Å². The first-order chi connectivity index (χ1) is 24.8. The van der Waals surface area contributed by atoms with Crippen LogP contribution < -0.4 is 26.6 Å². The number of hydrogen-bond acceptors (Lipinski definition) is 8. The summed E-state index contributed by atoms with van der Waals surface area (Å²) in [5.74, 6) is -2.31. The number of carbonyl (C=O) groups excluding carboxylic acids is 6. The molecule has 0 unspecified atom stereocenters. The Morgan fingerprint density at radius 3 is 2.15 bits per heavy atom. The molecule has 15 nitrogen and oxygen atoms in total. The number of hydrogen-bond donors (Lipinski definition) is 5. The minimum atomic E-state index is -1.03. The summed E-state index contributed by atoms with van der Waals surface area (Å²) in [7, 11) is 0. The highest BCUT2D eigenvalue weighted by atomic mass is 16.2. The maximum absolute atomic E-state index is 14.4.